The van der Waals surface area contributed by atoms with Gasteiger partial charge in [0.15, 0.2) is 5.82 Å². The Morgan fingerprint density at radius 3 is 2.64 bits per heavy atom. The minimum atomic E-state index is 0.573. The van der Waals surface area contributed by atoms with Crippen molar-refractivity contribution in [3.8, 4) is 0 Å². The van der Waals surface area contributed by atoms with Crippen LogP contribution in [0.3, 0.4) is 0 Å². The molecular formula is C22H21N5S. The largest absolute Gasteiger partial charge is 0.394 e. The highest BCUT2D eigenvalue weighted by atomic mass is 32.2. The van der Waals surface area contributed by atoms with Crippen LogP contribution >= 0.6 is 11.8 Å². The van der Waals surface area contributed by atoms with Crippen molar-refractivity contribution in [2.75, 3.05) is 17.2 Å². The Labute approximate surface area is 168 Å². The molecule has 0 aliphatic heterocycles. The maximum absolute atomic E-state index is 6.52. The number of aromatic nitrogens is 3. The zero-order valence-electron chi connectivity index (χ0n) is 15.8. The van der Waals surface area contributed by atoms with Crippen molar-refractivity contribution in [3.63, 3.8) is 0 Å². The Morgan fingerprint density at radius 2 is 1.82 bits per heavy atom. The van der Waals surface area contributed by atoms with Gasteiger partial charge < -0.3 is 10.6 Å². The van der Waals surface area contributed by atoms with E-state index in [0.717, 1.165) is 38.9 Å². The fraction of sp³-hybridized carbons (Fsp3) is 0.136. The first-order valence-electron chi connectivity index (χ1n) is 9.13. The highest BCUT2D eigenvalue weighted by Crippen LogP contribution is 2.38. The number of hydrogen-bond donors (Lipinski definition) is 1. The van der Waals surface area contributed by atoms with Gasteiger partial charge in [0.2, 0.25) is 0 Å². The predicted octanol–water partition coefficient (Wildman–Crippen LogP) is 5.22. The van der Waals surface area contributed by atoms with Crippen LogP contribution in [0, 0.1) is 6.92 Å². The first kappa shape index (κ1) is 18.3. The zero-order valence-corrected chi connectivity index (χ0v) is 16.6. The quantitative estimate of drug-likeness (QED) is 0.473. The smallest absolute Gasteiger partial charge is 0.160 e. The number of anilines is 3. The molecule has 0 radical (unpaired) electrons. The molecule has 4 aromatic rings. The van der Waals surface area contributed by atoms with Crippen molar-refractivity contribution in [1.82, 2.24) is 15.0 Å². The van der Waals surface area contributed by atoms with E-state index in [0.29, 0.717) is 5.69 Å². The number of para-hydroxylation sites is 1. The third-order valence-electron chi connectivity index (χ3n) is 4.51. The van der Waals surface area contributed by atoms with Crippen LogP contribution in [0.1, 0.15) is 12.5 Å². The lowest BCUT2D eigenvalue weighted by molar-refractivity contribution is 0.954. The third-order valence-corrected chi connectivity index (χ3v) is 5.58. The summed E-state index contributed by atoms with van der Waals surface area (Å²) in [5.74, 6) is 0.721. The van der Waals surface area contributed by atoms with Gasteiger partial charge in [-0.3, -0.25) is 4.98 Å². The molecule has 2 aromatic carbocycles. The fourth-order valence-electron chi connectivity index (χ4n) is 3.18. The molecule has 0 fully saturated rings. The summed E-state index contributed by atoms with van der Waals surface area (Å²) in [6.45, 7) is 4.92. The molecule has 2 aromatic heterocycles. The number of benzene rings is 2. The molecular weight excluding hydrogens is 366 g/mol. The molecule has 0 saturated heterocycles. The van der Waals surface area contributed by atoms with Crippen molar-refractivity contribution < 1.29 is 0 Å². The van der Waals surface area contributed by atoms with Crippen molar-refractivity contribution in [2.45, 2.75) is 23.8 Å². The van der Waals surface area contributed by atoms with E-state index in [1.807, 2.05) is 24.3 Å². The van der Waals surface area contributed by atoms with Gasteiger partial charge in [-0.1, -0.05) is 42.1 Å². The Bertz CT molecular complexity index is 1120. The molecule has 0 atom stereocenters. The lowest BCUT2D eigenvalue weighted by Crippen LogP contribution is -2.19. The van der Waals surface area contributed by atoms with E-state index in [4.69, 9.17) is 5.73 Å². The van der Waals surface area contributed by atoms with Crippen LogP contribution in [0.4, 0.5) is 17.2 Å². The first-order chi connectivity index (χ1) is 13.7. The number of hydrogen-bond acceptors (Lipinski definition) is 6. The minimum absolute atomic E-state index is 0.573. The SMILES string of the molecule is CCN(c1cccc(C)c1)c1ncnc(Sc2cccc3cccnc23)c1N. The normalized spacial score (nSPS) is 10.9. The van der Waals surface area contributed by atoms with E-state index in [9.17, 15) is 0 Å². The summed E-state index contributed by atoms with van der Waals surface area (Å²) in [6.07, 6.45) is 3.38. The fourth-order valence-corrected chi connectivity index (χ4v) is 4.10. The van der Waals surface area contributed by atoms with Crippen LogP contribution in [0.5, 0.6) is 0 Å². The topological polar surface area (TPSA) is 67.9 Å². The number of nitrogens with two attached hydrogens (primary N) is 1. The number of nitrogens with zero attached hydrogens (tertiary/aromatic N) is 4. The van der Waals surface area contributed by atoms with Gasteiger partial charge in [-0.15, -0.1) is 0 Å². The molecule has 0 amide bonds. The molecule has 2 heterocycles. The van der Waals surface area contributed by atoms with Gasteiger partial charge in [0.25, 0.3) is 0 Å². The standard InChI is InChI=1S/C22H21N5S/c1-3-27(17-10-4-7-15(2)13-17)21-19(23)22(26-14-25-21)28-18-11-5-8-16-9-6-12-24-20(16)18/h4-14H,3,23H2,1-2H3. The summed E-state index contributed by atoms with van der Waals surface area (Å²) in [7, 11) is 0. The number of rotatable bonds is 5. The molecule has 2 N–H and O–H groups in total. The van der Waals surface area contributed by atoms with Crippen molar-refractivity contribution in [2.24, 2.45) is 0 Å². The number of aryl methyl sites for hydroxylation is 1. The summed E-state index contributed by atoms with van der Waals surface area (Å²) in [4.78, 5) is 16.6. The second kappa shape index (κ2) is 7.86. The monoisotopic (exact) mass is 387 g/mol. The van der Waals surface area contributed by atoms with Gasteiger partial charge in [0.1, 0.15) is 17.0 Å². The molecule has 6 heteroatoms. The highest BCUT2D eigenvalue weighted by molar-refractivity contribution is 7.99. The molecule has 0 aliphatic rings. The maximum atomic E-state index is 6.52. The van der Waals surface area contributed by atoms with Gasteiger partial charge in [-0.2, -0.15) is 0 Å². The summed E-state index contributed by atoms with van der Waals surface area (Å²) >= 11 is 1.52. The molecule has 0 aliphatic carbocycles. The predicted molar refractivity (Wildman–Crippen MR) is 116 cm³/mol. The zero-order chi connectivity index (χ0) is 19.5. The van der Waals surface area contributed by atoms with E-state index >= 15 is 0 Å². The highest BCUT2D eigenvalue weighted by Gasteiger charge is 2.17. The van der Waals surface area contributed by atoms with Crippen LogP contribution in [-0.4, -0.2) is 21.5 Å². The summed E-state index contributed by atoms with van der Waals surface area (Å²) < 4.78 is 0. The lowest BCUT2D eigenvalue weighted by atomic mass is 10.2. The molecule has 140 valence electrons. The number of fused-ring (bicyclic) bond motifs is 1. The molecule has 0 unspecified atom stereocenters. The van der Waals surface area contributed by atoms with Gasteiger partial charge in [-0.25, -0.2) is 9.97 Å². The lowest BCUT2D eigenvalue weighted by Gasteiger charge is -2.24. The molecule has 5 nitrogen and oxygen atoms in total. The van der Waals surface area contributed by atoms with Gasteiger partial charge >= 0.3 is 0 Å². The van der Waals surface area contributed by atoms with E-state index in [1.165, 1.54) is 17.3 Å². The number of pyridine rings is 1. The van der Waals surface area contributed by atoms with E-state index in [-0.39, 0.29) is 0 Å². The van der Waals surface area contributed by atoms with Crippen LogP contribution in [0.25, 0.3) is 10.9 Å². The third kappa shape index (κ3) is 3.51. The van der Waals surface area contributed by atoms with Gasteiger partial charge in [0.05, 0.1) is 5.52 Å². The molecule has 28 heavy (non-hydrogen) atoms. The Kier molecular flexibility index (Phi) is 5.12. The molecule has 0 bridgehead atoms. The average molecular weight is 388 g/mol. The molecule has 4 rings (SSSR count). The van der Waals surface area contributed by atoms with Crippen molar-refractivity contribution in [3.05, 3.63) is 72.7 Å². The Hall–Kier alpha value is -3.12. The average Bonchev–Trinajstić information content (AvgIpc) is 2.71. The van der Waals surface area contributed by atoms with E-state index < -0.39 is 0 Å². The van der Waals surface area contributed by atoms with Crippen LogP contribution in [0.15, 0.2) is 77.0 Å². The van der Waals surface area contributed by atoms with Gasteiger partial charge in [0, 0.05) is 28.7 Å². The number of nitrogen functional groups attached to an aromatic ring is 1. The summed E-state index contributed by atoms with van der Waals surface area (Å²) in [5, 5.41) is 1.82. The van der Waals surface area contributed by atoms with E-state index in [1.54, 1.807) is 12.5 Å². The second-order valence-electron chi connectivity index (χ2n) is 6.43. The summed E-state index contributed by atoms with van der Waals surface area (Å²) in [5.41, 5.74) is 10.3. The minimum Gasteiger partial charge on any atom is -0.394 e. The van der Waals surface area contributed by atoms with Crippen molar-refractivity contribution in [1.29, 1.82) is 0 Å². The van der Waals surface area contributed by atoms with Crippen molar-refractivity contribution >= 4 is 39.9 Å². The van der Waals surface area contributed by atoms with Crippen LogP contribution in [-0.2, 0) is 0 Å². The first-order valence-corrected chi connectivity index (χ1v) is 9.95. The van der Waals surface area contributed by atoms with Crippen LogP contribution in [0.2, 0.25) is 0 Å². The molecule has 0 saturated carbocycles. The Morgan fingerprint density at radius 1 is 1.00 bits per heavy atom. The maximum Gasteiger partial charge on any atom is 0.160 e. The van der Waals surface area contributed by atoms with Crippen LogP contribution < -0.4 is 10.6 Å². The second-order valence-corrected chi connectivity index (χ2v) is 7.46. The molecule has 0 spiro atoms. The Balaban J connectivity index is 1.74. The van der Waals surface area contributed by atoms with E-state index in [2.05, 4.69) is 64.0 Å². The summed E-state index contributed by atoms with van der Waals surface area (Å²) in [6, 6.07) is 18.4. The van der Waals surface area contributed by atoms with Gasteiger partial charge in [-0.05, 0) is 43.7 Å².